The molecule has 0 aliphatic heterocycles. The quantitative estimate of drug-likeness (QED) is 0.618. The number of halogens is 4. The average molecular weight is 326 g/mol. The van der Waals surface area contributed by atoms with Crippen LogP contribution in [-0.2, 0) is 9.53 Å². The van der Waals surface area contributed by atoms with Crippen molar-refractivity contribution in [2.75, 3.05) is 6.61 Å². The minimum absolute atomic E-state index is 0.0831. The maximum Gasteiger partial charge on any atom is 0.573 e. The summed E-state index contributed by atoms with van der Waals surface area (Å²) in [4.78, 5) is 11.2. The summed E-state index contributed by atoms with van der Waals surface area (Å²) in [6, 6.07) is 2.20. The number of hydrogen-bond donors (Lipinski definition) is 2. The van der Waals surface area contributed by atoms with Crippen LogP contribution in [0.2, 0.25) is 0 Å². The van der Waals surface area contributed by atoms with Gasteiger partial charge in [-0.25, -0.2) is 4.39 Å². The smallest absolute Gasteiger partial charge is 0.466 e. The molecule has 0 amide bonds. The van der Waals surface area contributed by atoms with E-state index in [0.29, 0.717) is 12.1 Å². The van der Waals surface area contributed by atoms with Gasteiger partial charge in [-0.05, 0) is 24.6 Å². The molecule has 0 radical (unpaired) electrons. The van der Waals surface area contributed by atoms with E-state index in [9.17, 15) is 32.6 Å². The molecule has 0 saturated carbocycles. The normalized spacial score (nSPS) is 14.3. The Labute approximate surface area is 123 Å². The van der Waals surface area contributed by atoms with Crippen molar-refractivity contribution >= 4 is 5.97 Å². The van der Waals surface area contributed by atoms with Gasteiger partial charge in [-0.3, -0.25) is 4.79 Å². The predicted octanol–water partition coefficient (Wildman–Crippen LogP) is 2.07. The van der Waals surface area contributed by atoms with Gasteiger partial charge in [-0.1, -0.05) is 6.07 Å². The molecule has 1 aromatic rings. The predicted molar refractivity (Wildman–Crippen MR) is 65.3 cm³/mol. The maximum atomic E-state index is 13.5. The number of rotatable bonds is 6. The third kappa shape index (κ3) is 5.49. The summed E-state index contributed by atoms with van der Waals surface area (Å²) in [7, 11) is 0. The second-order valence-corrected chi connectivity index (χ2v) is 4.26. The Bertz CT molecular complexity index is 518. The highest BCUT2D eigenvalue weighted by Gasteiger charge is 2.32. The van der Waals surface area contributed by atoms with Crippen LogP contribution in [0.25, 0.3) is 0 Å². The Hall–Kier alpha value is -1.87. The average Bonchev–Trinajstić information content (AvgIpc) is 2.39. The summed E-state index contributed by atoms with van der Waals surface area (Å²) < 4.78 is 57.5. The van der Waals surface area contributed by atoms with Gasteiger partial charge in [0.2, 0.25) is 0 Å². The number of carbonyl (C=O) groups is 1. The van der Waals surface area contributed by atoms with Crippen molar-refractivity contribution < 1.29 is 42.0 Å². The lowest BCUT2D eigenvalue weighted by Crippen LogP contribution is -2.23. The molecule has 0 spiro atoms. The van der Waals surface area contributed by atoms with Crippen molar-refractivity contribution in [3.8, 4) is 5.75 Å². The zero-order chi connectivity index (χ0) is 16.9. The lowest BCUT2D eigenvalue weighted by Gasteiger charge is -2.18. The summed E-state index contributed by atoms with van der Waals surface area (Å²) in [6.07, 6.45) is -8.85. The van der Waals surface area contributed by atoms with Gasteiger partial charge in [0.15, 0.2) is 11.6 Å². The molecular formula is C13H14F4O5. The molecule has 5 nitrogen and oxygen atoms in total. The highest BCUT2D eigenvalue weighted by molar-refractivity contribution is 5.70. The van der Waals surface area contributed by atoms with Crippen molar-refractivity contribution in [3.05, 3.63) is 29.6 Å². The van der Waals surface area contributed by atoms with Crippen LogP contribution in [0.4, 0.5) is 17.6 Å². The SMILES string of the molecule is CCOC(=O)CC(O)C(O)c1ccc(OC(F)(F)F)c(F)c1. The Morgan fingerprint density at radius 1 is 1.32 bits per heavy atom. The van der Waals surface area contributed by atoms with Crippen LogP contribution in [0.1, 0.15) is 25.0 Å². The second-order valence-electron chi connectivity index (χ2n) is 4.26. The Morgan fingerprint density at radius 3 is 2.45 bits per heavy atom. The molecule has 2 atom stereocenters. The van der Waals surface area contributed by atoms with E-state index in [-0.39, 0.29) is 12.2 Å². The minimum Gasteiger partial charge on any atom is -0.466 e. The molecular weight excluding hydrogens is 312 g/mol. The molecule has 0 aromatic heterocycles. The molecule has 0 bridgehead atoms. The monoisotopic (exact) mass is 326 g/mol. The minimum atomic E-state index is -5.05. The van der Waals surface area contributed by atoms with Crippen LogP contribution in [0, 0.1) is 5.82 Å². The number of benzene rings is 1. The van der Waals surface area contributed by atoms with Crippen molar-refractivity contribution in [2.45, 2.75) is 31.9 Å². The molecule has 9 heteroatoms. The summed E-state index contributed by atoms with van der Waals surface area (Å²) in [5, 5.41) is 19.4. The van der Waals surface area contributed by atoms with E-state index in [4.69, 9.17) is 0 Å². The van der Waals surface area contributed by atoms with Crippen molar-refractivity contribution in [2.24, 2.45) is 0 Å². The lowest BCUT2D eigenvalue weighted by atomic mass is 10.0. The van der Waals surface area contributed by atoms with Crippen LogP contribution in [0.5, 0.6) is 5.75 Å². The van der Waals surface area contributed by atoms with Crippen LogP contribution >= 0.6 is 0 Å². The largest absolute Gasteiger partial charge is 0.573 e. The number of aliphatic hydroxyl groups is 2. The zero-order valence-electron chi connectivity index (χ0n) is 11.4. The second kappa shape index (κ2) is 7.41. The van der Waals surface area contributed by atoms with Gasteiger partial charge in [0.25, 0.3) is 0 Å². The first-order valence-electron chi connectivity index (χ1n) is 6.21. The van der Waals surface area contributed by atoms with Gasteiger partial charge >= 0.3 is 12.3 Å². The third-order valence-corrected chi connectivity index (χ3v) is 2.57. The highest BCUT2D eigenvalue weighted by Crippen LogP contribution is 2.29. The van der Waals surface area contributed by atoms with E-state index in [1.165, 1.54) is 0 Å². The fraction of sp³-hybridized carbons (Fsp3) is 0.462. The molecule has 2 unspecified atom stereocenters. The molecule has 2 N–H and O–H groups in total. The molecule has 0 saturated heterocycles. The van der Waals surface area contributed by atoms with Gasteiger partial charge in [-0.15, -0.1) is 13.2 Å². The van der Waals surface area contributed by atoms with E-state index < -0.39 is 42.5 Å². The number of ether oxygens (including phenoxy) is 2. The number of alkyl halides is 3. The van der Waals surface area contributed by atoms with Crippen LogP contribution in [-0.4, -0.2) is 35.3 Å². The summed E-state index contributed by atoms with van der Waals surface area (Å²) in [5.74, 6) is -3.20. The van der Waals surface area contributed by atoms with Crippen LogP contribution in [0.3, 0.4) is 0 Å². The zero-order valence-corrected chi connectivity index (χ0v) is 11.4. The van der Waals surface area contributed by atoms with Gasteiger partial charge < -0.3 is 19.7 Å². The first-order chi connectivity index (χ1) is 10.1. The van der Waals surface area contributed by atoms with E-state index in [1.807, 2.05) is 0 Å². The Kier molecular flexibility index (Phi) is 6.12. The van der Waals surface area contributed by atoms with Gasteiger partial charge in [0.05, 0.1) is 19.1 Å². The van der Waals surface area contributed by atoms with Gasteiger partial charge in [0.1, 0.15) is 6.10 Å². The van der Waals surface area contributed by atoms with Crippen molar-refractivity contribution in [1.29, 1.82) is 0 Å². The topological polar surface area (TPSA) is 76.0 Å². The fourth-order valence-electron chi connectivity index (χ4n) is 1.63. The van der Waals surface area contributed by atoms with Crippen LogP contribution in [0.15, 0.2) is 18.2 Å². The molecule has 1 rings (SSSR count). The highest BCUT2D eigenvalue weighted by atomic mass is 19.4. The molecule has 124 valence electrons. The summed E-state index contributed by atoms with van der Waals surface area (Å²) in [6.45, 7) is 1.63. The van der Waals surface area contributed by atoms with E-state index in [1.54, 1.807) is 6.92 Å². The third-order valence-electron chi connectivity index (χ3n) is 2.57. The van der Waals surface area contributed by atoms with E-state index >= 15 is 0 Å². The van der Waals surface area contributed by atoms with Crippen molar-refractivity contribution in [3.63, 3.8) is 0 Å². The molecule has 0 heterocycles. The van der Waals surface area contributed by atoms with Crippen molar-refractivity contribution in [1.82, 2.24) is 0 Å². The number of carbonyl (C=O) groups excluding carboxylic acids is 1. The van der Waals surface area contributed by atoms with E-state index in [2.05, 4.69) is 9.47 Å². The standard InChI is InChI=1S/C13H14F4O5/c1-2-21-11(19)6-9(18)12(20)7-3-4-10(8(14)5-7)22-13(15,16)17/h3-5,9,12,18,20H,2,6H2,1H3. The maximum absolute atomic E-state index is 13.5. The van der Waals surface area contributed by atoms with E-state index in [0.717, 1.165) is 6.07 Å². The van der Waals surface area contributed by atoms with Gasteiger partial charge in [-0.2, -0.15) is 0 Å². The fourth-order valence-corrected chi connectivity index (χ4v) is 1.63. The number of aliphatic hydroxyl groups excluding tert-OH is 2. The Balaban J connectivity index is 2.80. The Morgan fingerprint density at radius 2 is 1.95 bits per heavy atom. The summed E-state index contributed by atoms with van der Waals surface area (Å²) >= 11 is 0. The summed E-state index contributed by atoms with van der Waals surface area (Å²) in [5.41, 5.74) is -0.205. The first-order valence-corrected chi connectivity index (χ1v) is 6.21. The molecule has 22 heavy (non-hydrogen) atoms. The molecule has 1 aromatic carbocycles. The lowest BCUT2D eigenvalue weighted by molar-refractivity contribution is -0.275. The molecule has 0 fully saturated rings. The molecule has 0 aliphatic rings. The first kappa shape index (κ1) is 18.2. The molecule has 0 aliphatic carbocycles. The van der Waals surface area contributed by atoms with Crippen LogP contribution < -0.4 is 4.74 Å². The van der Waals surface area contributed by atoms with Gasteiger partial charge in [0, 0.05) is 0 Å². The number of esters is 1. The number of hydrogen-bond acceptors (Lipinski definition) is 5.